The number of aryl methyl sites for hydroxylation is 2. The van der Waals surface area contributed by atoms with E-state index in [0.29, 0.717) is 6.61 Å². The first kappa shape index (κ1) is 15.0. The Labute approximate surface area is 110 Å². The summed E-state index contributed by atoms with van der Waals surface area (Å²) in [6.45, 7) is 10.4. The topological polar surface area (TPSA) is 30.5 Å². The maximum absolute atomic E-state index is 5.72. The molecule has 0 saturated heterocycles. The molecule has 3 nitrogen and oxygen atoms in total. The second kappa shape index (κ2) is 8.95. The molecule has 0 saturated carbocycles. The molecule has 0 aliphatic heterocycles. The van der Waals surface area contributed by atoms with E-state index in [0.717, 1.165) is 38.5 Å². The van der Waals surface area contributed by atoms with Gasteiger partial charge in [-0.2, -0.15) is 0 Å². The number of nitrogens with one attached hydrogen (secondary N) is 1. The normalized spacial score (nSPS) is 10.6. The van der Waals surface area contributed by atoms with Crippen LogP contribution in [0, 0.1) is 13.8 Å². The van der Waals surface area contributed by atoms with Gasteiger partial charge in [0.05, 0.1) is 13.2 Å². The van der Waals surface area contributed by atoms with Crippen molar-refractivity contribution in [1.29, 1.82) is 0 Å². The predicted molar refractivity (Wildman–Crippen MR) is 75.4 cm³/mol. The molecule has 1 aromatic rings. The maximum atomic E-state index is 5.72. The molecule has 0 amide bonds. The van der Waals surface area contributed by atoms with Gasteiger partial charge < -0.3 is 14.8 Å². The molecule has 0 bridgehead atoms. The van der Waals surface area contributed by atoms with Crippen molar-refractivity contribution in [2.45, 2.75) is 27.2 Å². The van der Waals surface area contributed by atoms with Crippen molar-refractivity contribution in [1.82, 2.24) is 5.32 Å². The van der Waals surface area contributed by atoms with Crippen LogP contribution < -0.4 is 10.1 Å². The number of rotatable bonds is 9. The van der Waals surface area contributed by atoms with Gasteiger partial charge >= 0.3 is 0 Å². The summed E-state index contributed by atoms with van der Waals surface area (Å²) in [6, 6.07) is 6.26. The van der Waals surface area contributed by atoms with Crippen LogP contribution >= 0.6 is 0 Å². The molecule has 0 fully saturated rings. The highest BCUT2D eigenvalue weighted by Crippen LogP contribution is 2.18. The molecule has 1 rings (SSSR count). The summed E-state index contributed by atoms with van der Waals surface area (Å²) in [5, 5.41) is 3.22. The zero-order valence-electron chi connectivity index (χ0n) is 11.8. The van der Waals surface area contributed by atoms with Crippen LogP contribution in [0.4, 0.5) is 0 Å². The zero-order valence-corrected chi connectivity index (χ0v) is 11.8. The van der Waals surface area contributed by atoms with E-state index in [1.807, 2.05) is 6.07 Å². The van der Waals surface area contributed by atoms with Gasteiger partial charge in [0, 0.05) is 19.6 Å². The van der Waals surface area contributed by atoms with Gasteiger partial charge in [-0.15, -0.1) is 0 Å². The fourth-order valence-electron chi connectivity index (χ4n) is 1.73. The van der Waals surface area contributed by atoms with Gasteiger partial charge in [0.15, 0.2) is 0 Å². The Hall–Kier alpha value is -1.06. The van der Waals surface area contributed by atoms with Crippen LogP contribution in [0.5, 0.6) is 5.75 Å². The van der Waals surface area contributed by atoms with E-state index in [2.05, 4.69) is 38.2 Å². The SMILES string of the molecule is CCNCCOCCCOc1ccc(C)cc1C. The molecule has 0 aliphatic rings. The average molecular weight is 251 g/mol. The number of hydrogen-bond donors (Lipinski definition) is 1. The fourth-order valence-corrected chi connectivity index (χ4v) is 1.73. The van der Waals surface area contributed by atoms with Gasteiger partial charge in [-0.3, -0.25) is 0 Å². The molecular formula is C15H25NO2. The Balaban J connectivity index is 2.07. The first-order chi connectivity index (χ1) is 8.74. The first-order valence-electron chi connectivity index (χ1n) is 6.72. The number of hydrogen-bond acceptors (Lipinski definition) is 3. The lowest BCUT2D eigenvalue weighted by Crippen LogP contribution is -2.19. The predicted octanol–water partition coefficient (Wildman–Crippen LogP) is 2.70. The Morgan fingerprint density at radius 2 is 1.94 bits per heavy atom. The number of benzene rings is 1. The number of ether oxygens (including phenoxy) is 2. The van der Waals surface area contributed by atoms with Crippen LogP contribution in [0.15, 0.2) is 18.2 Å². The Morgan fingerprint density at radius 1 is 1.11 bits per heavy atom. The van der Waals surface area contributed by atoms with Crippen LogP contribution in [-0.2, 0) is 4.74 Å². The van der Waals surface area contributed by atoms with Crippen molar-refractivity contribution >= 4 is 0 Å². The molecule has 0 atom stereocenters. The summed E-state index contributed by atoms with van der Waals surface area (Å²) in [5.74, 6) is 0.980. The van der Waals surface area contributed by atoms with Crippen LogP contribution in [0.25, 0.3) is 0 Å². The minimum absolute atomic E-state index is 0.713. The summed E-state index contributed by atoms with van der Waals surface area (Å²) in [5.41, 5.74) is 2.47. The second-order valence-corrected chi connectivity index (χ2v) is 4.44. The maximum Gasteiger partial charge on any atom is 0.122 e. The standard InChI is InChI=1S/C15H25NO2/c1-4-16-8-11-17-9-5-10-18-15-7-6-13(2)12-14(15)3/h6-7,12,16H,4-5,8-11H2,1-3H3. The van der Waals surface area contributed by atoms with E-state index in [4.69, 9.17) is 9.47 Å². The largest absolute Gasteiger partial charge is 0.493 e. The summed E-state index contributed by atoms with van der Waals surface area (Å²) in [6.07, 6.45) is 0.930. The molecular weight excluding hydrogens is 226 g/mol. The monoisotopic (exact) mass is 251 g/mol. The molecule has 0 radical (unpaired) electrons. The minimum atomic E-state index is 0.713. The molecule has 1 N–H and O–H groups in total. The lowest BCUT2D eigenvalue weighted by molar-refractivity contribution is 0.121. The van der Waals surface area contributed by atoms with Crippen molar-refractivity contribution in [3.63, 3.8) is 0 Å². The Kier molecular flexibility index (Phi) is 7.46. The molecule has 1 aromatic carbocycles. The summed E-state index contributed by atoms with van der Waals surface area (Å²) < 4.78 is 11.2. The van der Waals surface area contributed by atoms with Crippen molar-refractivity contribution in [2.24, 2.45) is 0 Å². The van der Waals surface area contributed by atoms with Crippen molar-refractivity contribution in [2.75, 3.05) is 32.9 Å². The van der Waals surface area contributed by atoms with Gasteiger partial charge in [0.2, 0.25) is 0 Å². The van der Waals surface area contributed by atoms with E-state index in [1.165, 1.54) is 11.1 Å². The van der Waals surface area contributed by atoms with Gasteiger partial charge in [0.1, 0.15) is 5.75 Å². The molecule has 0 aromatic heterocycles. The molecule has 0 heterocycles. The zero-order chi connectivity index (χ0) is 13.2. The van der Waals surface area contributed by atoms with Gasteiger partial charge in [-0.05, 0) is 32.0 Å². The van der Waals surface area contributed by atoms with Crippen molar-refractivity contribution < 1.29 is 9.47 Å². The molecule has 0 unspecified atom stereocenters. The van der Waals surface area contributed by atoms with Gasteiger partial charge in [-0.25, -0.2) is 0 Å². The van der Waals surface area contributed by atoms with Crippen LogP contribution in [0.2, 0.25) is 0 Å². The summed E-state index contributed by atoms with van der Waals surface area (Å²) in [4.78, 5) is 0. The minimum Gasteiger partial charge on any atom is -0.493 e. The van der Waals surface area contributed by atoms with Crippen molar-refractivity contribution in [3.05, 3.63) is 29.3 Å². The van der Waals surface area contributed by atoms with E-state index in [9.17, 15) is 0 Å². The van der Waals surface area contributed by atoms with Crippen molar-refractivity contribution in [3.8, 4) is 5.75 Å². The van der Waals surface area contributed by atoms with Crippen LogP contribution in [0.1, 0.15) is 24.5 Å². The fraction of sp³-hybridized carbons (Fsp3) is 0.600. The lowest BCUT2D eigenvalue weighted by atomic mass is 10.1. The summed E-state index contributed by atoms with van der Waals surface area (Å²) in [7, 11) is 0. The van der Waals surface area contributed by atoms with Crippen LogP contribution in [-0.4, -0.2) is 32.9 Å². The Bertz CT molecular complexity index is 339. The highest BCUT2D eigenvalue weighted by molar-refractivity contribution is 5.35. The van der Waals surface area contributed by atoms with E-state index < -0.39 is 0 Å². The molecule has 0 spiro atoms. The molecule has 0 aliphatic carbocycles. The quantitative estimate of drug-likeness (QED) is 0.685. The molecule has 18 heavy (non-hydrogen) atoms. The second-order valence-electron chi connectivity index (χ2n) is 4.44. The summed E-state index contributed by atoms with van der Waals surface area (Å²) >= 11 is 0. The molecule has 3 heteroatoms. The molecule has 102 valence electrons. The third-order valence-electron chi connectivity index (χ3n) is 2.69. The highest BCUT2D eigenvalue weighted by Gasteiger charge is 1.99. The third-order valence-corrected chi connectivity index (χ3v) is 2.69. The smallest absolute Gasteiger partial charge is 0.122 e. The lowest BCUT2D eigenvalue weighted by Gasteiger charge is -2.10. The van der Waals surface area contributed by atoms with Gasteiger partial charge in [-0.1, -0.05) is 24.6 Å². The first-order valence-corrected chi connectivity index (χ1v) is 6.72. The van der Waals surface area contributed by atoms with E-state index >= 15 is 0 Å². The Morgan fingerprint density at radius 3 is 2.67 bits per heavy atom. The average Bonchev–Trinajstić information content (AvgIpc) is 2.35. The van der Waals surface area contributed by atoms with Gasteiger partial charge in [0.25, 0.3) is 0 Å². The van der Waals surface area contributed by atoms with Crippen LogP contribution in [0.3, 0.4) is 0 Å². The van der Waals surface area contributed by atoms with E-state index in [1.54, 1.807) is 0 Å². The number of likely N-dealkylation sites (N-methyl/N-ethyl adjacent to an activating group) is 1. The van der Waals surface area contributed by atoms with E-state index in [-0.39, 0.29) is 0 Å². The third kappa shape index (κ3) is 6.03. The highest BCUT2D eigenvalue weighted by atomic mass is 16.5.